The Morgan fingerprint density at radius 3 is 2.39 bits per heavy atom. The van der Waals surface area contributed by atoms with E-state index >= 15 is 0 Å². The normalized spacial score (nSPS) is 15.8. The van der Waals surface area contributed by atoms with Gasteiger partial charge in [-0.05, 0) is 38.5 Å². The lowest BCUT2D eigenvalue weighted by molar-refractivity contribution is 0.0650. The van der Waals surface area contributed by atoms with Crippen molar-refractivity contribution in [3.8, 4) is 0 Å². The highest BCUT2D eigenvalue weighted by atomic mass is 16.2. The fraction of sp³-hybridized carbons (Fsp3) is 0.391. The number of piperazine rings is 1. The van der Waals surface area contributed by atoms with Gasteiger partial charge in [-0.1, -0.05) is 42.5 Å². The Morgan fingerprint density at radius 1 is 1.07 bits per heavy atom. The van der Waals surface area contributed by atoms with Gasteiger partial charge in [0.25, 0.3) is 5.91 Å². The second kappa shape index (κ2) is 9.02. The summed E-state index contributed by atoms with van der Waals surface area (Å²) in [7, 11) is 0. The van der Waals surface area contributed by atoms with Crippen LogP contribution in [0.3, 0.4) is 0 Å². The zero-order chi connectivity index (χ0) is 20.0. The molecule has 1 amide bonds. The van der Waals surface area contributed by atoms with Gasteiger partial charge in [-0.2, -0.15) is 0 Å². The standard InChI is InChI=1S/C23H30N4O/c1-23(2,3)25-21-12-11-20(18-24-21)22(28)27-16-14-26(15-17-27)13-7-10-19-8-5-4-6-9-19/h4-12,18H,13-17H2,1-3H3,(H,24,25)/b10-7+. The fourth-order valence-electron chi connectivity index (χ4n) is 3.20. The van der Waals surface area contributed by atoms with Crippen molar-refractivity contribution in [2.75, 3.05) is 38.0 Å². The van der Waals surface area contributed by atoms with Crippen molar-refractivity contribution in [2.24, 2.45) is 0 Å². The van der Waals surface area contributed by atoms with E-state index in [0.717, 1.165) is 38.5 Å². The molecular weight excluding hydrogens is 348 g/mol. The van der Waals surface area contributed by atoms with Crippen LogP contribution in [-0.2, 0) is 0 Å². The van der Waals surface area contributed by atoms with Crippen LogP contribution in [0.25, 0.3) is 6.08 Å². The molecule has 1 aromatic carbocycles. The highest BCUT2D eigenvalue weighted by molar-refractivity contribution is 5.94. The summed E-state index contributed by atoms with van der Waals surface area (Å²) < 4.78 is 0. The number of nitrogens with one attached hydrogen (secondary N) is 1. The number of rotatable bonds is 5. The number of carbonyl (C=O) groups excluding carboxylic acids is 1. The lowest BCUT2D eigenvalue weighted by atomic mass is 10.1. The molecule has 5 heteroatoms. The van der Waals surface area contributed by atoms with Gasteiger partial charge in [0.1, 0.15) is 5.82 Å². The minimum absolute atomic E-state index is 0.0518. The van der Waals surface area contributed by atoms with E-state index in [4.69, 9.17) is 0 Å². The molecule has 1 aliphatic rings. The average Bonchev–Trinajstić information content (AvgIpc) is 2.68. The SMILES string of the molecule is CC(C)(C)Nc1ccc(C(=O)N2CCN(C/C=C/c3ccccc3)CC2)cn1. The van der Waals surface area contributed by atoms with Gasteiger partial charge in [-0.3, -0.25) is 9.69 Å². The van der Waals surface area contributed by atoms with Crippen LogP contribution in [0.1, 0.15) is 36.7 Å². The summed E-state index contributed by atoms with van der Waals surface area (Å²) >= 11 is 0. The van der Waals surface area contributed by atoms with E-state index in [1.807, 2.05) is 35.2 Å². The van der Waals surface area contributed by atoms with Crippen molar-refractivity contribution < 1.29 is 4.79 Å². The van der Waals surface area contributed by atoms with Gasteiger partial charge in [0, 0.05) is 44.5 Å². The highest BCUT2D eigenvalue weighted by Gasteiger charge is 2.22. The van der Waals surface area contributed by atoms with Crippen molar-refractivity contribution in [2.45, 2.75) is 26.3 Å². The van der Waals surface area contributed by atoms with Gasteiger partial charge >= 0.3 is 0 Å². The summed E-state index contributed by atoms with van der Waals surface area (Å²) in [6, 6.07) is 14.1. The third-order valence-corrected chi connectivity index (χ3v) is 4.65. The number of carbonyl (C=O) groups is 1. The lowest BCUT2D eigenvalue weighted by Gasteiger charge is -2.34. The second-order valence-electron chi connectivity index (χ2n) is 8.21. The third kappa shape index (κ3) is 5.92. The first-order chi connectivity index (χ1) is 13.4. The zero-order valence-corrected chi connectivity index (χ0v) is 17.1. The first-order valence-corrected chi connectivity index (χ1v) is 9.88. The Hall–Kier alpha value is -2.66. The molecule has 148 valence electrons. The average molecular weight is 379 g/mol. The molecule has 28 heavy (non-hydrogen) atoms. The Kier molecular flexibility index (Phi) is 6.47. The fourth-order valence-corrected chi connectivity index (χ4v) is 3.20. The van der Waals surface area contributed by atoms with E-state index in [0.29, 0.717) is 5.56 Å². The third-order valence-electron chi connectivity index (χ3n) is 4.65. The quantitative estimate of drug-likeness (QED) is 0.861. The Labute approximate surface area is 168 Å². The number of benzene rings is 1. The van der Waals surface area contributed by atoms with Crippen molar-refractivity contribution in [1.82, 2.24) is 14.8 Å². The van der Waals surface area contributed by atoms with Crippen LogP contribution in [0.2, 0.25) is 0 Å². The minimum Gasteiger partial charge on any atom is -0.365 e. The van der Waals surface area contributed by atoms with Crippen LogP contribution >= 0.6 is 0 Å². The van der Waals surface area contributed by atoms with Crippen LogP contribution in [-0.4, -0.2) is 59.0 Å². The first-order valence-electron chi connectivity index (χ1n) is 9.88. The number of pyridine rings is 1. The van der Waals surface area contributed by atoms with Gasteiger partial charge < -0.3 is 10.2 Å². The summed E-state index contributed by atoms with van der Waals surface area (Å²) in [6.45, 7) is 10.4. The number of hydrogen-bond donors (Lipinski definition) is 1. The number of anilines is 1. The molecule has 1 N–H and O–H groups in total. The monoisotopic (exact) mass is 378 g/mol. The van der Waals surface area contributed by atoms with E-state index in [1.54, 1.807) is 6.20 Å². The molecule has 0 bridgehead atoms. The molecule has 5 nitrogen and oxygen atoms in total. The molecule has 2 aromatic rings. The second-order valence-corrected chi connectivity index (χ2v) is 8.21. The molecule has 3 rings (SSSR count). The van der Waals surface area contributed by atoms with Crippen LogP contribution in [0.15, 0.2) is 54.7 Å². The maximum absolute atomic E-state index is 12.7. The number of aromatic nitrogens is 1. The van der Waals surface area contributed by atoms with Gasteiger partial charge in [-0.15, -0.1) is 0 Å². The number of nitrogens with zero attached hydrogens (tertiary/aromatic N) is 3. The van der Waals surface area contributed by atoms with Crippen LogP contribution < -0.4 is 5.32 Å². The molecule has 1 aliphatic heterocycles. The summed E-state index contributed by atoms with van der Waals surface area (Å²) in [5.41, 5.74) is 1.81. The number of hydrogen-bond acceptors (Lipinski definition) is 4. The maximum Gasteiger partial charge on any atom is 0.255 e. The van der Waals surface area contributed by atoms with E-state index in [9.17, 15) is 4.79 Å². The largest absolute Gasteiger partial charge is 0.365 e. The predicted octanol–water partition coefficient (Wildman–Crippen LogP) is 3.76. The van der Waals surface area contributed by atoms with Crippen LogP contribution in [0, 0.1) is 0 Å². The summed E-state index contributed by atoms with van der Waals surface area (Å²) in [4.78, 5) is 21.4. The molecule has 0 aliphatic carbocycles. The zero-order valence-electron chi connectivity index (χ0n) is 17.1. The van der Waals surface area contributed by atoms with Crippen molar-refractivity contribution in [3.05, 3.63) is 65.9 Å². The summed E-state index contributed by atoms with van der Waals surface area (Å²) in [5.74, 6) is 0.855. The first kappa shape index (κ1) is 20.1. The molecule has 1 fully saturated rings. The maximum atomic E-state index is 12.7. The van der Waals surface area contributed by atoms with Crippen molar-refractivity contribution in [1.29, 1.82) is 0 Å². The molecule has 1 aromatic heterocycles. The van der Waals surface area contributed by atoms with Crippen molar-refractivity contribution >= 4 is 17.8 Å². The highest BCUT2D eigenvalue weighted by Crippen LogP contribution is 2.14. The molecule has 2 heterocycles. The van der Waals surface area contributed by atoms with E-state index < -0.39 is 0 Å². The number of amides is 1. The van der Waals surface area contributed by atoms with Crippen LogP contribution in [0.4, 0.5) is 5.82 Å². The summed E-state index contributed by atoms with van der Waals surface area (Å²) in [6.07, 6.45) is 6.01. The van der Waals surface area contributed by atoms with Gasteiger partial charge in [0.15, 0.2) is 0 Å². The van der Waals surface area contributed by atoms with Crippen LogP contribution in [0.5, 0.6) is 0 Å². The lowest BCUT2D eigenvalue weighted by Crippen LogP contribution is -2.48. The molecular formula is C23H30N4O. The van der Waals surface area contributed by atoms with Gasteiger partial charge in [-0.25, -0.2) is 4.98 Å². The topological polar surface area (TPSA) is 48.5 Å². The smallest absolute Gasteiger partial charge is 0.255 e. The molecule has 0 spiro atoms. The van der Waals surface area contributed by atoms with E-state index in [1.165, 1.54) is 5.56 Å². The Balaban J connectivity index is 1.47. The predicted molar refractivity (Wildman–Crippen MR) is 115 cm³/mol. The minimum atomic E-state index is -0.0518. The van der Waals surface area contributed by atoms with E-state index in [-0.39, 0.29) is 11.4 Å². The van der Waals surface area contributed by atoms with Gasteiger partial charge in [0.05, 0.1) is 5.56 Å². The van der Waals surface area contributed by atoms with E-state index in [2.05, 4.69) is 60.3 Å². The molecule has 0 unspecified atom stereocenters. The molecule has 1 saturated heterocycles. The molecule has 0 atom stereocenters. The Morgan fingerprint density at radius 2 is 1.79 bits per heavy atom. The summed E-state index contributed by atoms with van der Waals surface area (Å²) in [5, 5.41) is 3.31. The van der Waals surface area contributed by atoms with Crippen molar-refractivity contribution in [3.63, 3.8) is 0 Å². The molecule has 0 radical (unpaired) electrons. The molecule has 0 saturated carbocycles. The van der Waals surface area contributed by atoms with Gasteiger partial charge in [0.2, 0.25) is 0 Å². The Bertz CT molecular complexity index is 786.